The normalized spacial score (nSPS) is 11.6. The Bertz CT molecular complexity index is 281. The monoisotopic (exact) mass is 248 g/mol. The number of hydrogen-bond donors (Lipinski definition) is 0. The van der Waals surface area contributed by atoms with Crippen LogP contribution in [0.15, 0.2) is 0 Å². The fourth-order valence-electron chi connectivity index (χ4n) is 1.51. The van der Waals surface area contributed by atoms with Gasteiger partial charge in [-0.3, -0.25) is 4.79 Å². The summed E-state index contributed by atoms with van der Waals surface area (Å²) in [6, 6.07) is 0. The molecule has 3 nitrogen and oxygen atoms in total. The highest BCUT2D eigenvalue weighted by molar-refractivity contribution is 7.91. The van der Waals surface area contributed by atoms with Crippen LogP contribution in [0.4, 0.5) is 0 Å². The number of ketones is 1. The van der Waals surface area contributed by atoms with Crippen molar-refractivity contribution in [3.63, 3.8) is 0 Å². The molecule has 0 bridgehead atoms. The first kappa shape index (κ1) is 15.6. The highest BCUT2D eigenvalue weighted by atomic mass is 32.2. The molecule has 0 N–H and O–H groups in total. The quantitative estimate of drug-likeness (QED) is 0.559. The number of unbranched alkanes of at least 4 members (excludes halogenated alkanes) is 3. The Kier molecular flexibility index (Phi) is 8.53. The molecule has 0 aromatic carbocycles. The fourth-order valence-corrected chi connectivity index (χ4v) is 2.38. The van der Waals surface area contributed by atoms with Crippen molar-refractivity contribution in [2.75, 3.05) is 11.5 Å². The highest BCUT2D eigenvalue weighted by Crippen LogP contribution is 2.06. The van der Waals surface area contributed by atoms with Crippen LogP contribution in [0.25, 0.3) is 0 Å². The van der Waals surface area contributed by atoms with E-state index in [4.69, 9.17) is 0 Å². The molecule has 0 saturated heterocycles. The highest BCUT2D eigenvalue weighted by Gasteiger charge is 2.08. The SMILES string of the molecule is CCCCCCC(=O)CCCS(=O)(=O)CC. The summed E-state index contributed by atoms with van der Waals surface area (Å²) >= 11 is 0. The summed E-state index contributed by atoms with van der Waals surface area (Å²) in [6.45, 7) is 3.78. The van der Waals surface area contributed by atoms with Crippen LogP contribution in [-0.4, -0.2) is 25.7 Å². The first-order valence-electron chi connectivity index (χ1n) is 6.24. The van der Waals surface area contributed by atoms with Gasteiger partial charge in [0.2, 0.25) is 0 Å². The average Bonchev–Trinajstić information content (AvgIpc) is 2.24. The minimum atomic E-state index is -2.90. The van der Waals surface area contributed by atoms with E-state index in [1.165, 1.54) is 12.8 Å². The zero-order chi connectivity index (χ0) is 12.4. The van der Waals surface area contributed by atoms with Crippen LogP contribution in [0.3, 0.4) is 0 Å². The third kappa shape index (κ3) is 8.89. The van der Waals surface area contributed by atoms with E-state index in [-0.39, 0.29) is 17.3 Å². The Labute approximate surface area is 99.5 Å². The molecule has 0 aliphatic rings. The summed E-state index contributed by atoms with van der Waals surface area (Å²) in [6.07, 6.45) is 5.93. The van der Waals surface area contributed by atoms with Gasteiger partial charge in [-0.25, -0.2) is 8.42 Å². The van der Waals surface area contributed by atoms with E-state index >= 15 is 0 Å². The van der Waals surface area contributed by atoms with Crippen LogP contribution in [0.5, 0.6) is 0 Å². The van der Waals surface area contributed by atoms with Gasteiger partial charge < -0.3 is 0 Å². The molecule has 0 rings (SSSR count). The van der Waals surface area contributed by atoms with Crippen molar-refractivity contribution in [1.82, 2.24) is 0 Å². The van der Waals surface area contributed by atoms with Gasteiger partial charge in [0.1, 0.15) is 15.6 Å². The Morgan fingerprint density at radius 1 is 0.938 bits per heavy atom. The number of Topliss-reactive ketones (excluding diaryl/α,β-unsaturated/α-hetero) is 1. The summed E-state index contributed by atoms with van der Waals surface area (Å²) in [7, 11) is -2.90. The van der Waals surface area contributed by atoms with Crippen molar-refractivity contribution in [3.8, 4) is 0 Å². The lowest BCUT2D eigenvalue weighted by Gasteiger charge is -2.01. The molecule has 0 aliphatic heterocycles. The van der Waals surface area contributed by atoms with Crippen molar-refractivity contribution < 1.29 is 13.2 Å². The molecule has 0 spiro atoms. The number of carbonyl (C=O) groups excluding carboxylic acids is 1. The molecule has 0 aliphatic carbocycles. The van der Waals surface area contributed by atoms with Crippen LogP contribution in [0, 0.1) is 0 Å². The van der Waals surface area contributed by atoms with E-state index in [1.807, 2.05) is 0 Å². The van der Waals surface area contributed by atoms with Crippen LogP contribution in [0.2, 0.25) is 0 Å². The molecule has 4 heteroatoms. The minimum absolute atomic E-state index is 0.157. The molecule has 0 unspecified atom stereocenters. The van der Waals surface area contributed by atoms with Gasteiger partial charge in [-0.15, -0.1) is 0 Å². The molecule has 0 heterocycles. The van der Waals surface area contributed by atoms with Gasteiger partial charge in [-0.05, 0) is 12.8 Å². The summed E-state index contributed by atoms with van der Waals surface area (Å²) in [5, 5.41) is 0. The molecule has 0 atom stereocenters. The Balaban J connectivity index is 3.51. The van der Waals surface area contributed by atoms with Crippen LogP contribution in [-0.2, 0) is 14.6 Å². The van der Waals surface area contributed by atoms with Crippen molar-refractivity contribution >= 4 is 15.6 Å². The standard InChI is InChI=1S/C12H24O3S/c1-3-5-6-7-9-12(13)10-8-11-16(14,15)4-2/h3-11H2,1-2H3. The third-order valence-electron chi connectivity index (χ3n) is 2.66. The second kappa shape index (κ2) is 8.74. The Morgan fingerprint density at radius 3 is 2.12 bits per heavy atom. The molecule has 96 valence electrons. The van der Waals surface area contributed by atoms with Gasteiger partial charge in [-0.1, -0.05) is 33.1 Å². The summed E-state index contributed by atoms with van der Waals surface area (Å²) in [5.41, 5.74) is 0. The molecular formula is C12H24O3S. The minimum Gasteiger partial charge on any atom is -0.300 e. The first-order valence-corrected chi connectivity index (χ1v) is 8.06. The van der Waals surface area contributed by atoms with Crippen molar-refractivity contribution in [2.24, 2.45) is 0 Å². The van der Waals surface area contributed by atoms with E-state index < -0.39 is 9.84 Å². The molecule has 16 heavy (non-hydrogen) atoms. The predicted octanol–water partition coefficient (Wildman–Crippen LogP) is 2.74. The second-order valence-electron chi connectivity index (χ2n) is 4.19. The van der Waals surface area contributed by atoms with Gasteiger partial charge in [0.05, 0.1) is 5.75 Å². The molecule has 0 amide bonds. The third-order valence-corrected chi connectivity index (χ3v) is 4.45. The lowest BCUT2D eigenvalue weighted by Crippen LogP contribution is -2.10. The molecule has 0 radical (unpaired) electrons. The topological polar surface area (TPSA) is 51.2 Å². The van der Waals surface area contributed by atoms with E-state index in [0.29, 0.717) is 19.3 Å². The Hall–Kier alpha value is -0.380. The molecule has 0 aromatic rings. The lowest BCUT2D eigenvalue weighted by molar-refractivity contribution is -0.119. The van der Waals surface area contributed by atoms with Crippen molar-refractivity contribution in [3.05, 3.63) is 0 Å². The van der Waals surface area contributed by atoms with Crippen LogP contribution in [0.1, 0.15) is 58.8 Å². The molecule has 0 fully saturated rings. The van der Waals surface area contributed by atoms with Gasteiger partial charge in [0.15, 0.2) is 0 Å². The predicted molar refractivity (Wildman–Crippen MR) is 67.3 cm³/mol. The van der Waals surface area contributed by atoms with E-state index in [9.17, 15) is 13.2 Å². The van der Waals surface area contributed by atoms with E-state index in [0.717, 1.165) is 12.8 Å². The van der Waals surface area contributed by atoms with Crippen molar-refractivity contribution in [1.29, 1.82) is 0 Å². The average molecular weight is 248 g/mol. The molecule has 0 aromatic heterocycles. The summed E-state index contributed by atoms with van der Waals surface area (Å²) in [4.78, 5) is 11.4. The number of sulfone groups is 1. The summed E-state index contributed by atoms with van der Waals surface area (Å²) < 4.78 is 22.3. The largest absolute Gasteiger partial charge is 0.300 e. The van der Waals surface area contributed by atoms with Crippen LogP contribution < -0.4 is 0 Å². The first-order chi connectivity index (χ1) is 7.52. The maximum Gasteiger partial charge on any atom is 0.150 e. The lowest BCUT2D eigenvalue weighted by atomic mass is 10.1. The van der Waals surface area contributed by atoms with Gasteiger partial charge in [0, 0.05) is 18.6 Å². The maximum atomic E-state index is 11.4. The molecular weight excluding hydrogens is 224 g/mol. The smallest absolute Gasteiger partial charge is 0.150 e. The van der Waals surface area contributed by atoms with Crippen molar-refractivity contribution in [2.45, 2.75) is 58.8 Å². The van der Waals surface area contributed by atoms with E-state index in [2.05, 4.69) is 6.92 Å². The number of hydrogen-bond acceptors (Lipinski definition) is 3. The fraction of sp³-hybridized carbons (Fsp3) is 0.917. The van der Waals surface area contributed by atoms with Gasteiger partial charge in [0.25, 0.3) is 0 Å². The van der Waals surface area contributed by atoms with E-state index in [1.54, 1.807) is 6.92 Å². The number of rotatable bonds is 10. The zero-order valence-electron chi connectivity index (χ0n) is 10.5. The van der Waals surface area contributed by atoms with Crippen LogP contribution >= 0.6 is 0 Å². The molecule has 0 saturated carbocycles. The maximum absolute atomic E-state index is 11.4. The Morgan fingerprint density at radius 2 is 1.56 bits per heavy atom. The summed E-state index contributed by atoms with van der Waals surface area (Å²) in [5.74, 6) is 0.546. The number of carbonyl (C=O) groups is 1. The van der Waals surface area contributed by atoms with Gasteiger partial charge in [-0.2, -0.15) is 0 Å². The zero-order valence-corrected chi connectivity index (χ0v) is 11.3. The second-order valence-corrected chi connectivity index (χ2v) is 6.66. The van der Waals surface area contributed by atoms with Gasteiger partial charge >= 0.3 is 0 Å².